The number of halogens is 2. The summed E-state index contributed by atoms with van der Waals surface area (Å²) in [4.78, 5) is 0. The molecule has 18 heavy (non-hydrogen) atoms. The van der Waals surface area contributed by atoms with E-state index in [0.717, 1.165) is 16.9 Å². The molecule has 0 atom stereocenters. The molecule has 0 aliphatic rings. The Morgan fingerprint density at radius 2 is 1.83 bits per heavy atom. The lowest BCUT2D eigenvalue weighted by Gasteiger charge is -2.09. The molecule has 0 amide bonds. The molecule has 0 spiro atoms. The van der Waals surface area contributed by atoms with Gasteiger partial charge in [0.25, 0.3) is 0 Å². The van der Waals surface area contributed by atoms with Gasteiger partial charge in [-0.05, 0) is 42.8 Å². The number of phenols is 1. The summed E-state index contributed by atoms with van der Waals surface area (Å²) in [5.41, 5.74) is 1.70. The van der Waals surface area contributed by atoms with Crippen molar-refractivity contribution >= 4 is 23.2 Å². The lowest BCUT2D eigenvalue weighted by molar-refractivity contribution is 0.340. The summed E-state index contributed by atoms with van der Waals surface area (Å²) in [6.45, 7) is 2.52. The Morgan fingerprint density at radius 3 is 2.44 bits per heavy atom. The average molecular weight is 283 g/mol. The molecular formula is C14H12Cl2O2. The third-order valence-corrected chi connectivity index (χ3v) is 3.13. The van der Waals surface area contributed by atoms with Crippen molar-refractivity contribution in [2.45, 2.75) is 6.92 Å². The molecule has 0 saturated heterocycles. The van der Waals surface area contributed by atoms with Gasteiger partial charge in [0.2, 0.25) is 0 Å². The number of hydrogen-bond donors (Lipinski definition) is 1. The summed E-state index contributed by atoms with van der Waals surface area (Å²) in [5, 5.41) is 10.3. The second kappa shape index (κ2) is 5.51. The predicted octanol–water partition coefficient (Wildman–Crippen LogP) is 4.76. The molecule has 0 fully saturated rings. The standard InChI is InChI=1S/C14H12Cl2O2/c1-2-18-10-4-5-11(12(15)8-10)9-3-6-14(17)13(16)7-9/h3-8,17H,2H2,1H3. The van der Waals surface area contributed by atoms with Crippen LogP contribution in [0.1, 0.15) is 6.92 Å². The van der Waals surface area contributed by atoms with Gasteiger partial charge in [-0.2, -0.15) is 0 Å². The van der Waals surface area contributed by atoms with Crippen LogP contribution in [0.15, 0.2) is 36.4 Å². The van der Waals surface area contributed by atoms with Crippen LogP contribution in [0.4, 0.5) is 0 Å². The molecule has 0 bridgehead atoms. The van der Waals surface area contributed by atoms with E-state index in [0.29, 0.717) is 16.7 Å². The van der Waals surface area contributed by atoms with Crippen molar-refractivity contribution in [3.05, 3.63) is 46.4 Å². The van der Waals surface area contributed by atoms with E-state index in [2.05, 4.69) is 0 Å². The van der Waals surface area contributed by atoms with E-state index in [1.165, 1.54) is 0 Å². The van der Waals surface area contributed by atoms with Gasteiger partial charge in [0.1, 0.15) is 11.5 Å². The first-order valence-electron chi connectivity index (χ1n) is 5.53. The van der Waals surface area contributed by atoms with Crippen molar-refractivity contribution < 1.29 is 9.84 Å². The number of rotatable bonds is 3. The quantitative estimate of drug-likeness (QED) is 0.879. The number of ether oxygens (including phenoxy) is 1. The SMILES string of the molecule is CCOc1ccc(-c2ccc(O)c(Cl)c2)c(Cl)c1. The maximum atomic E-state index is 9.39. The molecule has 0 heterocycles. The average Bonchev–Trinajstić information content (AvgIpc) is 2.34. The van der Waals surface area contributed by atoms with E-state index in [4.69, 9.17) is 27.9 Å². The Kier molecular flexibility index (Phi) is 4.00. The van der Waals surface area contributed by atoms with E-state index >= 15 is 0 Å². The second-order valence-electron chi connectivity index (χ2n) is 3.74. The molecular weight excluding hydrogens is 271 g/mol. The number of hydrogen-bond acceptors (Lipinski definition) is 2. The molecule has 1 N–H and O–H groups in total. The highest BCUT2D eigenvalue weighted by molar-refractivity contribution is 6.34. The van der Waals surface area contributed by atoms with Gasteiger partial charge in [-0.25, -0.2) is 0 Å². The van der Waals surface area contributed by atoms with Gasteiger partial charge in [0.05, 0.1) is 16.7 Å². The van der Waals surface area contributed by atoms with Crippen LogP contribution in [-0.2, 0) is 0 Å². The number of aromatic hydroxyl groups is 1. The van der Waals surface area contributed by atoms with Crippen molar-refractivity contribution in [2.24, 2.45) is 0 Å². The van der Waals surface area contributed by atoms with Crippen molar-refractivity contribution in [3.63, 3.8) is 0 Å². The molecule has 0 aromatic heterocycles. The fourth-order valence-corrected chi connectivity index (χ4v) is 2.12. The third kappa shape index (κ3) is 2.71. The normalized spacial score (nSPS) is 10.4. The first-order chi connectivity index (χ1) is 8.61. The Bertz CT molecular complexity index is 568. The third-order valence-electron chi connectivity index (χ3n) is 2.51. The molecule has 0 unspecified atom stereocenters. The van der Waals surface area contributed by atoms with Crippen LogP contribution in [0, 0.1) is 0 Å². The van der Waals surface area contributed by atoms with Gasteiger partial charge in [0.15, 0.2) is 0 Å². The maximum absolute atomic E-state index is 9.39. The minimum absolute atomic E-state index is 0.0578. The van der Waals surface area contributed by atoms with Crippen LogP contribution in [0.5, 0.6) is 11.5 Å². The molecule has 2 aromatic carbocycles. The summed E-state index contributed by atoms with van der Waals surface area (Å²) in [6.07, 6.45) is 0. The second-order valence-corrected chi connectivity index (χ2v) is 4.56. The zero-order valence-electron chi connectivity index (χ0n) is 9.78. The summed E-state index contributed by atoms with van der Waals surface area (Å²) in [6, 6.07) is 10.5. The molecule has 2 rings (SSSR count). The van der Waals surface area contributed by atoms with Crippen LogP contribution >= 0.6 is 23.2 Å². The highest BCUT2D eigenvalue weighted by Gasteiger charge is 2.07. The fourth-order valence-electron chi connectivity index (χ4n) is 1.66. The summed E-state index contributed by atoms with van der Waals surface area (Å²) >= 11 is 12.1. The van der Waals surface area contributed by atoms with Crippen LogP contribution in [0.2, 0.25) is 10.0 Å². The Balaban J connectivity index is 2.41. The lowest BCUT2D eigenvalue weighted by atomic mass is 10.1. The zero-order valence-corrected chi connectivity index (χ0v) is 11.3. The molecule has 4 heteroatoms. The molecule has 94 valence electrons. The Hall–Kier alpha value is -1.38. The van der Waals surface area contributed by atoms with Gasteiger partial charge >= 0.3 is 0 Å². The highest BCUT2D eigenvalue weighted by Crippen LogP contribution is 2.34. The maximum Gasteiger partial charge on any atom is 0.134 e. The number of benzene rings is 2. The van der Waals surface area contributed by atoms with Crippen LogP contribution in [0.3, 0.4) is 0 Å². The van der Waals surface area contributed by atoms with Crippen LogP contribution < -0.4 is 4.74 Å². The molecule has 0 saturated carbocycles. The van der Waals surface area contributed by atoms with E-state index in [1.54, 1.807) is 24.3 Å². The van der Waals surface area contributed by atoms with Crippen molar-refractivity contribution in [2.75, 3.05) is 6.61 Å². The van der Waals surface area contributed by atoms with Crippen molar-refractivity contribution in [1.29, 1.82) is 0 Å². The van der Waals surface area contributed by atoms with Gasteiger partial charge in [-0.1, -0.05) is 29.3 Å². The van der Waals surface area contributed by atoms with Gasteiger partial charge in [-0.3, -0.25) is 0 Å². The predicted molar refractivity (Wildman–Crippen MR) is 74.7 cm³/mol. The highest BCUT2D eigenvalue weighted by atomic mass is 35.5. The van der Waals surface area contributed by atoms with E-state index < -0.39 is 0 Å². The zero-order chi connectivity index (χ0) is 13.1. The van der Waals surface area contributed by atoms with Crippen LogP contribution in [-0.4, -0.2) is 11.7 Å². The van der Waals surface area contributed by atoms with Crippen molar-refractivity contribution in [1.82, 2.24) is 0 Å². The first kappa shape index (κ1) is 13.1. The lowest BCUT2D eigenvalue weighted by Crippen LogP contribution is -1.91. The smallest absolute Gasteiger partial charge is 0.134 e. The van der Waals surface area contributed by atoms with E-state index in [9.17, 15) is 5.11 Å². The van der Waals surface area contributed by atoms with Gasteiger partial charge in [-0.15, -0.1) is 0 Å². The minimum Gasteiger partial charge on any atom is -0.506 e. The monoisotopic (exact) mass is 282 g/mol. The van der Waals surface area contributed by atoms with E-state index in [-0.39, 0.29) is 5.75 Å². The molecule has 0 radical (unpaired) electrons. The summed E-state index contributed by atoms with van der Waals surface area (Å²) in [7, 11) is 0. The van der Waals surface area contributed by atoms with Crippen molar-refractivity contribution in [3.8, 4) is 22.6 Å². The van der Waals surface area contributed by atoms with E-state index in [1.807, 2.05) is 19.1 Å². The summed E-state index contributed by atoms with van der Waals surface area (Å²) in [5.74, 6) is 0.790. The Labute approximate surface area is 116 Å². The van der Waals surface area contributed by atoms with Gasteiger partial charge < -0.3 is 9.84 Å². The molecule has 0 aliphatic heterocycles. The van der Waals surface area contributed by atoms with Gasteiger partial charge in [0, 0.05) is 5.56 Å². The fraction of sp³-hybridized carbons (Fsp3) is 0.143. The number of phenolic OH excluding ortho intramolecular Hbond substituents is 1. The molecule has 2 aromatic rings. The minimum atomic E-state index is 0.0578. The van der Waals surface area contributed by atoms with Crippen LogP contribution in [0.25, 0.3) is 11.1 Å². The molecule has 0 aliphatic carbocycles. The summed E-state index contributed by atoms with van der Waals surface area (Å²) < 4.78 is 5.37. The molecule has 2 nitrogen and oxygen atoms in total. The Morgan fingerprint density at radius 1 is 1.06 bits per heavy atom. The first-order valence-corrected chi connectivity index (χ1v) is 6.28. The topological polar surface area (TPSA) is 29.5 Å². The largest absolute Gasteiger partial charge is 0.506 e.